The minimum atomic E-state index is -0.0940. The first-order valence-corrected chi connectivity index (χ1v) is 5.48. The summed E-state index contributed by atoms with van der Waals surface area (Å²) < 4.78 is 13.6. The molecule has 0 saturated carbocycles. The van der Waals surface area contributed by atoms with E-state index in [0.717, 1.165) is 31.7 Å². The van der Waals surface area contributed by atoms with Crippen LogP contribution in [0.15, 0.2) is 24.3 Å². The lowest BCUT2D eigenvalue weighted by Crippen LogP contribution is -2.44. The summed E-state index contributed by atoms with van der Waals surface area (Å²) in [5, 5.41) is 3.30. The summed E-state index contributed by atoms with van der Waals surface area (Å²) in [7, 11) is 0. The molecule has 0 unspecified atom stereocenters. The van der Waals surface area contributed by atoms with E-state index >= 15 is 0 Å². The van der Waals surface area contributed by atoms with Crippen molar-refractivity contribution in [1.29, 1.82) is 0 Å². The highest BCUT2D eigenvalue weighted by Gasteiger charge is 2.19. The van der Waals surface area contributed by atoms with Gasteiger partial charge in [0.1, 0.15) is 5.82 Å². The molecule has 2 rings (SSSR count). The lowest BCUT2D eigenvalue weighted by Gasteiger charge is -2.33. The predicted molar refractivity (Wildman–Crippen MR) is 66.5 cm³/mol. The Bertz CT molecular complexity index is 327. The summed E-state index contributed by atoms with van der Waals surface area (Å²) in [4.78, 5) is 2.31. The van der Waals surface area contributed by atoms with Gasteiger partial charge in [0.15, 0.2) is 0 Å². The van der Waals surface area contributed by atoms with Crippen molar-refractivity contribution in [2.75, 3.05) is 26.2 Å². The zero-order valence-electron chi connectivity index (χ0n) is 9.45. The third-order valence-corrected chi connectivity index (χ3v) is 3.05. The highest BCUT2D eigenvalue weighted by molar-refractivity contribution is 5.85. The smallest absolute Gasteiger partial charge is 0.127 e. The minimum Gasteiger partial charge on any atom is -0.314 e. The number of rotatable bonds is 2. The third kappa shape index (κ3) is 2.94. The molecule has 0 bridgehead atoms. The molecule has 90 valence electrons. The Morgan fingerprint density at radius 2 is 1.88 bits per heavy atom. The topological polar surface area (TPSA) is 15.3 Å². The molecule has 1 aromatic rings. The van der Waals surface area contributed by atoms with Crippen molar-refractivity contribution in [3.8, 4) is 0 Å². The number of nitrogens with one attached hydrogen (secondary N) is 1. The SMILES string of the molecule is C[C@@H](c1ccccc1F)N1CCNCC1.Cl. The van der Waals surface area contributed by atoms with Gasteiger partial charge in [-0.1, -0.05) is 18.2 Å². The molecular formula is C12H18ClFN2. The number of hydrogen-bond acceptors (Lipinski definition) is 2. The maximum absolute atomic E-state index is 13.6. The van der Waals surface area contributed by atoms with Gasteiger partial charge in [-0.3, -0.25) is 4.90 Å². The van der Waals surface area contributed by atoms with E-state index in [1.165, 1.54) is 6.07 Å². The monoisotopic (exact) mass is 244 g/mol. The average Bonchev–Trinajstić information content (AvgIpc) is 2.30. The molecule has 0 amide bonds. The Hall–Kier alpha value is -0.640. The quantitative estimate of drug-likeness (QED) is 0.858. The largest absolute Gasteiger partial charge is 0.314 e. The van der Waals surface area contributed by atoms with E-state index in [2.05, 4.69) is 17.1 Å². The Kier molecular flexibility index (Phi) is 5.19. The van der Waals surface area contributed by atoms with Gasteiger partial charge in [0.05, 0.1) is 0 Å². The summed E-state index contributed by atoms with van der Waals surface area (Å²) in [6.45, 7) is 6.06. The normalized spacial score (nSPS) is 18.9. The second-order valence-electron chi connectivity index (χ2n) is 3.98. The van der Waals surface area contributed by atoms with Crippen molar-refractivity contribution in [2.24, 2.45) is 0 Å². The van der Waals surface area contributed by atoms with Crippen molar-refractivity contribution in [1.82, 2.24) is 10.2 Å². The number of piperazine rings is 1. The molecule has 2 nitrogen and oxygen atoms in total. The molecule has 16 heavy (non-hydrogen) atoms. The molecule has 4 heteroatoms. The van der Waals surface area contributed by atoms with Crippen LogP contribution in [0.2, 0.25) is 0 Å². The highest BCUT2D eigenvalue weighted by Crippen LogP contribution is 2.22. The van der Waals surface area contributed by atoms with Crippen LogP contribution in [0.3, 0.4) is 0 Å². The summed E-state index contributed by atoms with van der Waals surface area (Å²) in [6.07, 6.45) is 0. The van der Waals surface area contributed by atoms with E-state index in [-0.39, 0.29) is 24.3 Å². The Morgan fingerprint density at radius 3 is 2.50 bits per heavy atom. The van der Waals surface area contributed by atoms with E-state index in [0.29, 0.717) is 0 Å². The van der Waals surface area contributed by atoms with Gasteiger partial charge in [0.25, 0.3) is 0 Å². The van der Waals surface area contributed by atoms with Crippen molar-refractivity contribution in [2.45, 2.75) is 13.0 Å². The Labute approximate surface area is 102 Å². The van der Waals surface area contributed by atoms with Crippen LogP contribution in [0.4, 0.5) is 4.39 Å². The van der Waals surface area contributed by atoms with Crippen molar-refractivity contribution >= 4 is 12.4 Å². The Morgan fingerprint density at radius 1 is 1.25 bits per heavy atom. The first-order valence-electron chi connectivity index (χ1n) is 5.48. The first-order chi connectivity index (χ1) is 7.29. The summed E-state index contributed by atoms with van der Waals surface area (Å²) >= 11 is 0. The summed E-state index contributed by atoms with van der Waals surface area (Å²) in [5.41, 5.74) is 0.805. The van der Waals surface area contributed by atoms with Gasteiger partial charge in [-0.2, -0.15) is 0 Å². The molecule has 1 aliphatic heterocycles. The average molecular weight is 245 g/mol. The fraction of sp³-hybridized carbons (Fsp3) is 0.500. The standard InChI is InChI=1S/C12H17FN2.ClH/c1-10(15-8-6-14-7-9-15)11-4-2-3-5-12(11)13;/h2-5,10,14H,6-9H2,1H3;1H/t10-;/m0./s1. The molecule has 1 aliphatic rings. The van der Waals surface area contributed by atoms with E-state index in [9.17, 15) is 4.39 Å². The van der Waals surface area contributed by atoms with Crippen LogP contribution in [0.5, 0.6) is 0 Å². The maximum Gasteiger partial charge on any atom is 0.127 e. The fourth-order valence-electron chi connectivity index (χ4n) is 2.08. The van der Waals surface area contributed by atoms with Gasteiger partial charge in [-0.05, 0) is 13.0 Å². The van der Waals surface area contributed by atoms with Crippen molar-refractivity contribution in [3.63, 3.8) is 0 Å². The van der Waals surface area contributed by atoms with Gasteiger partial charge >= 0.3 is 0 Å². The zero-order chi connectivity index (χ0) is 10.7. The maximum atomic E-state index is 13.6. The van der Waals surface area contributed by atoms with Crippen LogP contribution < -0.4 is 5.32 Å². The van der Waals surface area contributed by atoms with E-state index in [4.69, 9.17) is 0 Å². The van der Waals surface area contributed by atoms with Gasteiger partial charge in [0, 0.05) is 37.8 Å². The van der Waals surface area contributed by atoms with Gasteiger partial charge in [-0.25, -0.2) is 4.39 Å². The van der Waals surface area contributed by atoms with Crippen LogP contribution in [0, 0.1) is 5.82 Å². The molecule has 1 N–H and O–H groups in total. The molecule has 0 radical (unpaired) electrons. The zero-order valence-corrected chi connectivity index (χ0v) is 10.3. The lowest BCUT2D eigenvalue weighted by atomic mass is 10.1. The first kappa shape index (κ1) is 13.4. The second kappa shape index (κ2) is 6.18. The molecule has 0 aliphatic carbocycles. The summed E-state index contributed by atoms with van der Waals surface area (Å²) in [6, 6.07) is 7.23. The molecular weight excluding hydrogens is 227 g/mol. The van der Waals surface area contributed by atoms with Gasteiger partial charge in [0.2, 0.25) is 0 Å². The molecule has 1 fully saturated rings. The van der Waals surface area contributed by atoms with Crippen LogP contribution in [0.1, 0.15) is 18.5 Å². The number of hydrogen-bond donors (Lipinski definition) is 1. The van der Waals surface area contributed by atoms with Crippen molar-refractivity contribution in [3.05, 3.63) is 35.6 Å². The fourth-order valence-corrected chi connectivity index (χ4v) is 2.08. The molecule has 0 aromatic heterocycles. The number of benzene rings is 1. The van der Waals surface area contributed by atoms with Crippen LogP contribution in [-0.4, -0.2) is 31.1 Å². The van der Waals surface area contributed by atoms with Crippen LogP contribution >= 0.6 is 12.4 Å². The highest BCUT2D eigenvalue weighted by atomic mass is 35.5. The molecule has 1 atom stereocenters. The van der Waals surface area contributed by atoms with E-state index in [1.54, 1.807) is 6.07 Å². The van der Waals surface area contributed by atoms with Crippen LogP contribution in [0.25, 0.3) is 0 Å². The lowest BCUT2D eigenvalue weighted by molar-refractivity contribution is 0.182. The van der Waals surface area contributed by atoms with Gasteiger partial charge < -0.3 is 5.32 Å². The molecule has 1 heterocycles. The number of halogens is 2. The molecule has 0 spiro atoms. The predicted octanol–water partition coefficient (Wildman–Crippen LogP) is 2.21. The minimum absolute atomic E-state index is 0. The summed E-state index contributed by atoms with van der Waals surface area (Å²) in [5.74, 6) is -0.0940. The van der Waals surface area contributed by atoms with E-state index < -0.39 is 0 Å². The van der Waals surface area contributed by atoms with Gasteiger partial charge in [-0.15, -0.1) is 12.4 Å². The Balaban J connectivity index is 0.00000128. The van der Waals surface area contributed by atoms with Crippen molar-refractivity contribution < 1.29 is 4.39 Å². The second-order valence-corrected chi connectivity index (χ2v) is 3.98. The molecule has 1 aromatic carbocycles. The third-order valence-electron chi connectivity index (χ3n) is 3.05. The van der Waals surface area contributed by atoms with E-state index in [1.807, 2.05) is 12.1 Å². The van der Waals surface area contributed by atoms with Crippen LogP contribution in [-0.2, 0) is 0 Å². The number of nitrogens with zero attached hydrogens (tertiary/aromatic N) is 1. The molecule has 1 saturated heterocycles.